The van der Waals surface area contributed by atoms with Gasteiger partial charge in [-0.25, -0.2) is 0 Å². The third kappa shape index (κ3) is 4.17. The SMILES string of the molecule is c1ccc(-n2c(-c3ccccc3C3c4ccccc4-c4ccccc43)nnc2-c2ccccc2-n2c3ccccc3c3ccccc32)cc1. The molecule has 49 heavy (non-hydrogen) atoms. The number of aromatic nitrogens is 4. The van der Waals surface area contributed by atoms with E-state index < -0.39 is 0 Å². The summed E-state index contributed by atoms with van der Waals surface area (Å²) in [5.74, 6) is 1.69. The molecule has 0 bridgehead atoms. The van der Waals surface area contributed by atoms with Crippen LogP contribution in [0.3, 0.4) is 0 Å². The Kier molecular flexibility index (Phi) is 6.21. The van der Waals surface area contributed by atoms with Gasteiger partial charge in [0.1, 0.15) is 0 Å². The summed E-state index contributed by atoms with van der Waals surface area (Å²) in [5.41, 5.74) is 12.9. The Labute approximate surface area is 284 Å². The molecule has 0 amide bonds. The van der Waals surface area contributed by atoms with Crippen LogP contribution in [0, 0.1) is 0 Å². The summed E-state index contributed by atoms with van der Waals surface area (Å²) < 4.78 is 4.60. The van der Waals surface area contributed by atoms with Gasteiger partial charge < -0.3 is 4.57 Å². The first-order valence-electron chi connectivity index (χ1n) is 16.7. The van der Waals surface area contributed by atoms with Crippen LogP contribution in [-0.2, 0) is 0 Å². The molecule has 0 saturated heterocycles. The fourth-order valence-corrected chi connectivity index (χ4v) is 7.94. The molecule has 1 aliphatic rings. The van der Waals surface area contributed by atoms with E-state index >= 15 is 0 Å². The summed E-state index contributed by atoms with van der Waals surface area (Å²) in [6.45, 7) is 0. The molecule has 0 atom stereocenters. The van der Waals surface area contributed by atoms with Crippen LogP contribution in [0.2, 0.25) is 0 Å². The second kappa shape index (κ2) is 11.0. The molecule has 0 unspecified atom stereocenters. The highest BCUT2D eigenvalue weighted by Crippen LogP contribution is 2.50. The summed E-state index contributed by atoms with van der Waals surface area (Å²) >= 11 is 0. The van der Waals surface area contributed by atoms with E-state index in [2.05, 4.69) is 185 Å². The predicted molar refractivity (Wildman–Crippen MR) is 199 cm³/mol. The molecule has 0 aliphatic heterocycles. The van der Waals surface area contributed by atoms with E-state index in [-0.39, 0.29) is 5.92 Å². The lowest BCUT2D eigenvalue weighted by atomic mass is 9.86. The van der Waals surface area contributed by atoms with Gasteiger partial charge in [0.15, 0.2) is 11.6 Å². The van der Waals surface area contributed by atoms with Crippen LogP contribution >= 0.6 is 0 Å². The third-order valence-electron chi connectivity index (χ3n) is 9.99. The molecule has 7 aromatic carbocycles. The fourth-order valence-electron chi connectivity index (χ4n) is 7.94. The lowest BCUT2D eigenvalue weighted by molar-refractivity contribution is 0.997. The molecule has 1 aliphatic carbocycles. The van der Waals surface area contributed by atoms with Crippen LogP contribution in [0.1, 0.15) is 22.6 Å². The molecule has 0 N–H and O–H groups in total. The molecular formula is C45H30N4. The van der Waals surface area contributed by atoms with Gasteiger partial charge >= 0.3 is 0 Å². The molecule has 2 aromatic heterocycles. The Hall–Kier alpha value is -6.52. The van der Waals surface area contributed by atoms with Gasteiger partial charge in [0, 0.05) is 33.5 Å². The van der Waals surface area contributed by atoms with Crippen LogP contribution in [0.15, 0.2) is 176 Å². The minimum Gasteiger partial charge on any atom is -0.309 e. The molecule has 2 heterocycles. The lowest BCUT2D eigenvalue weighted by Crippen LogP contribution is -2.06. The van der Waals surface area contributed by atoms with Gasteiger partial charge in [-0.3, -0.25) is 4.57 Å². The molecule has 4 nitrogen and oxygen atoms in total. The van der Waals surface area contributed by atoms with E-state index in [1.54, 1.807) is 0 Å². The second-order valence-electron chi connectivity index (χ2n) is 12.6. The number of rotatable bonds is 5. The van der Waals surface area contributed by atoms with Crippen molar-refractivity contribution in [1.82, 2.24) is 19.3 Å². The van der Waals surface area contributed by atoms with Crippen molar-refractivity contribution < 1.29 is 0 Å². The number of hydrogen-bond acceptors (Lipinski definition) is 2. The average Bonchev–Trinajstić information content (AvgIpc) is 3.86. The van der Waals surface area contributed by atoms with Crippen molar-refractivity contribution in [2.45, 2.75) is 5.92 Å². The summed E-state index contributed by atoms with van der Waals surface area (Å²) in [4.78, 5) is 0. The zero-order chi connectivity index (χ0) is 32.3. The molecule has 10 rings (SSSR count). The second-order valence-corrected chi connectivity index (χ2v) is 12.6. The fraction of sp³-hybridized carbons (Fsp3) is 0.0222. The minimum absolute atomic E-state index is 0.0814. The number of hydrogen-bond donors (Lipinski definition) is 0. The van der Waals surface area contributed by atoms with Crippen LogP contribution in [0.4, 0.5) is 0 Å². The number of fused-ring (bicyclic) bond motifs is 6. The zero-order valence-corrected chi connectivity index (χ0v) is 26.6. The molecule has 0 radical (unpaired) electrons. The number of benzene rings is 7. The molecule has 0 spiro atoms. The van der Waals surface area contributed by atoms with Crippen molar-refractivity contribution in [3.05, 3.63) is 193 Å². The normalized spacial score (nSPS) is 12.4. The van der Waals surface area contributed by atoms with E-state index in [9.17, 15) is 0 Å². The average molecular weight is 627 g/mol. The summed E-state index contributed by atoms with van der Waals surface area (Å²) in [6, 6.07) is 62.6. The van der Waals surface area contributed by atoms with Gasteiger partial charge in [-0.2, -0.15) is 0 Å². The summed E-state index contributed by atoms with van der Waals surface area (Å²) in [6.07, 6.45) is 0. The maximum Gasteiger partial charge on any atom is 0.170 e. The van der Waals surface area contributed by atoms with Gasteiger partial charge in [-0.15, -0.1) is 10.2 Å². The first-order chi connectivity index (χ1) is 24.4. The standard InChI is InChI=1S/C45H30N4/c1-2-16-30(17-3-1)48-44(38-25-9-8-24-37(38)43-35-22-6-4-18-31(35)32-19-5-7-23-36(32)43)46-47-45(48)39-26-12-15-29-42(39)49-40-27-13-10-20-33(40)34-21-11-14-28-41(34)49/h1-29,43H. The molecule has 0 fully saturated rings. The minimum atomic E-state index is 0.0814. The Morgan fingerprint density at radius 1 is 0.347 bits per heavy atom. The van der Waals surface area contributed by atoms with E-state index in [1.165, 1.54) is 38.6 Å². The van der Waals surface area contributed by atoms with Crippen LogP contribution < -0.4 is 0 Å². The van der Waals surface area contributed by atoms with Crippen molar-refractivity contribution in [3.8, 4) is 45.3 Å². The lowest BCUT2D eigenvalue weighted by Gasteiger charge is -2.20. The quantitative estimate of drug-likeness (QED) is 0.191. The van der Waals surface area contributed by atoms with Crippen LogP contribution in [0.25, 0.3) is 67.1 Å². The number of para-hydroxylation sites is 4. The monoisotopic (exact) mass is 626 g/mol. The molecule has 4 heteroatoms. The van der Waals surface area contributed by atoms with Crippen LogP contribution in [-0.4, -0.2) is 19.3 Å². The largest absolute Gasteiger partial charge is 0.309 e. The molecule has 0 saturated carbocycles. The first kappa shape index (κ1) is 27.6. The summed E-state index contributed by atoms with van der Waals surface area (Å²) in [5, 5.41) is 12.5. The van der Waals surface area contributed by atoms with Crippen molar-refractivity contribution >= 4 is 21.8 Å². The predicted octanol–water partition coefficient (Wildman–Crippen LogP) is 10.9. The molecule has 230 valence electrons. The van der Waals surface area contributed by atoms with Gasteiger partial charge in [0.05, 0.1) is 16.7 Å². The Balaban J connectivity index is 1.23. The molecule has 9 aromatic rings. The van der Waals surface area contributed by atoms with E-state index in [0.717, 1.165) is 45.2 Å². The zero-order valence-electron chi connectivity index (χ0n) is 26.6. The van der Waals surface area contributed by atoms with Gasteiger partial charge in [-0.05, 0) is 64.2 Å². The maximum atomic E-state index is 5.03. The first-order valence-corrected chi connectivity index (χ1v) is 16.7. The highest BCUT2D eigenvalue weighted by atomic mass is 15.3. The van der Waals surface area contributed by atoms with Crippen molar-refractivity contribution in [3.63, 3.8) is 0 Å². The topological polar surface area (TPSA) is 35.6 Å². The third-order valence-corrected chi connectivity index (χ3v) is 9.99. The number of nitrogens with zero attached hydrogens (tertiary/aromatic N) is 4. The van der Waals surface area contributed by atoms with Crippen molar-refractivity contribution in [1.29, 1.82) is 0 Å². The smallest absolute Gasteiger partial charge is 0.170 e. The van der Waals surface area contributed by atoms with Gasteiger partial charge in [-0.1, -0.05) is 140 Å². The van der Waals surface area contributed by atoms with Crippen molar-refractivity contribution in [2.24, 2.45) is 0 Å². The van der Waals surface area contributed by atoms with E-state index in [4.69, 9.17) is 10.2 Å². The van der Waals surface area contributed by atoms with Crippen molar-refractivity contribution in [2.75, 3.05) is 0 Å². The summed E-state index contributed by atoms with van der Waals surface area (Å²) in [7, 11) is 0. The van der Waals surface area contributed by atoms with Gasteiger partial charge in [0.25, 0.3) is 0 Å². The maximum absolute atomic E-state index is 5.03. The molecular weight excluding hydrogens is 597 g/mol. The van der Waals surface area contributed by atoms with E-state index in [0.29, 0.717) is 0 Å². The highest BCUT2D eigenvalue weighted by molar-refractivity contribution is 6.09. The highest BCUT2D eigenvalue weighted by Gasteiger charge is 2.32. The van der Waals surface area contributed by atoms with E-state index in [1.807, 2.05) is 0 Å². The Morgan fingerprint density at radius 3 is 1.39 bits per heavy atom. The Morgan fingerprint density at radius 2 is 0.776 bits per heavy atom. The Bertz CT molecular complexity index is 2580. The van der Waals surface area contributed by atoms with Gasteiger partial charge in [0.2, 0.25) is 0 Å². The van der Waals surface area contributed by atoms with Crippen LogP contribution in [0.5, 0.6) is 0 Å².